The van der Waals surface area contributed by atoms with Gasteiger partial charge in [0, 0.05) is 18.0 Å². The topological polar surface area (TPSA) is 47.2 Å². The van der Waals surface area contributed by atoms with Crippen molar-refractivity contribution < 1.29 is 4.79 Å². The summed E-state index contributed by atoms with van der Waals surface area (Å²) < 4.78 is 3.34. The zero-order valence-corrected chi connectivity index (χ0v) is 17.6. The van der Waals surface area contributed by atoms with E-state index in [2.05, 4.69) is 23.6 Å². The van der Waals surface area contributed by atoms with Gasteiger partial charge < -0.3 is 4.90 Å². The summed E-state index contributed by atoms with van der Waals surface area (Å²) >= 11 is 1.76. The lowest BCUT2D eigenvalue weighted by Crippen LogP contribution is -2.43. The first-order chi connectivity index (χ1) is 14.7. The lowest BCUT2D eigenvalue weighted by atomic mass is 9.93. The van der Waals surface area contributed by atoms with Gasteiger partial charge in [0.05, 0.1) is 17.1 Å². The maximum atomic E-state index is 13.5. The van der Waals surface area contributed by atoms with Crippen LogP contribution >= 0.6 is 11.3 Å². The fourth-order valence-electron chi connectivity index (χ4n) is 4.54. The van der Waals surface area contributed by atoms with Crippen LogP contribution < -0.4 is 5.69 Å². The number of carbonyl (C=O) groups is 1. The van der Waals surface area contributed by atoms with Crippen molar-refractivity contribution in [2.45, 2.75) is 32.5 Å². The van der Waals surface area contributed by atoms with Crippen molar-refractivity contribution in [1.29, 1.82) is 0 Å². The summed E-state index contributed by atoms with van der Waals surface area (Å²) in [6.45, 7) is 3.24. The molecule has 4 aromatic rings. The molecule has 0 saturated carbocycles. The van der Waals surface area contributed by atoms with Crippen LogP contribution in [0.25, 0.3) is 11.0 Å². The van der Waals surface area contributed by atoms with E-state index >= 15 is 0 Å². The molecule has 1 unspecified atom stereocenters. The van der Waals surface area contributed by atoms with Crippen molar-refractivity contribution in [2.75, 3.05) is 6.54 Å². The number of rotatable bonds is 4. The zero-order chi connectivity index (χ0) is 20.7. The monoisotopic (exact) mass is 417 g/mol. The first-order valence-corrected chi connectivity index (χ1v) is 11.2. The molecule has 1 atom stereocenters. The number of fused-ring (bicyclic) bond motifs is 2. The first-order valence-electron chi connectivity index (χ1n) is 10.3. The molecule has 0 spiro atoms. The number of nitrogens with zero attached hydrogens (tertiary/aromatic N) is 3. The van der Waals surface area contributed by atoms with Crippen LogP contribution in [-0.2, 0) is 24.3 Å². The predicted octanol–water partition coefficient (Wildman–Crippen LogP) is 4.06. The Hall–Kier alpha value is -3.12. The maximum Gasteiger partial charge on any atom is 0.329 e. The van der Waals surface area contributed by atoms with Crippen LogP contribution in [0.3, 0.4) is 0 Å². The molecule has 0 fully saturated rings. The number of para-hydroxylation sites is 2. The van der Waals surface area contributed by atoms with E-state index in [9.17, 15) is 9.59 Å². The second-order valence-electron chi connectivity index (χ2n) is 7.55. The third kappa shape index (κ3) is 2.99. The molecule has 152 valence electrons. The fraction of sp³-hybridized carbons (Fsp3) is 0.250. The van der Waals surface area contributed by atoms with Gasteiger partial charge >= 0.3 is 5.69 Å². The summed E-state index contributed by atoms with van der Waals surface area (Å²) in [6, 6.07) is 19.9. The van der Waals surface area contributed by atoms with E-state index in [1.54, 1.807) is 20.5 Å². The molecule has 1 aliphatic heterocycles. The highest BCUT2D eigenvalue weighted by molar-refractivity contribution is 7.10. The zero-order valence-electron chi connectivity index (χ0n) is 16.8. The van der Waals surface area contributed by atoms with Crippen molar-refractivity contribution in [3.05, 3.63) is 92.5 Å². The lowest BCUT2D eigenvalue weighted by molar-refractivity contribution is -0.133. The van der Waals surface area contributed by atoms with Crippen LogP contribution in [-0.4, -0.2) is 26.5 Å². The summed E-state index contributed by atoms with van der Waals surface area (Å²) in [6.07, 6.45) is 0.855. The Labute approximate surface area is 178 Å². The van der Waals surface area contributed by atoms with E-state index in [0.29, 0.717) is 13.1 Å². The summed E-state index contributed by atoms with van der Waals surface area (Å²) in [4.78, 5) is 29.8. The van der Waals surface area contributed by atoms with E-state index in [1.807, 2.05) is 54.3 Å². The van der Waals surface area contributed by atoms with Crippen LogP contribution in [0.5, 0.6) is 0 Å². The van der Waals surface area contributed by atoms with Gasteiger partial charge in [-0.3, -0.25) is 13.9 Å². The third-order valence-electron chi connectivity index (χ3n) is 5.94. The number of thiophene rings is 1. The number of hydrogen-bond acceptors (Lipinski definition) is 3. The molecule has 0 bridgehead atoms. The van der Waals surface area contributed by atoms with Crippen LogP contribution in [0.2, 0.25) is 0 Å². The summed E-state index contributed by atoms with van der Waals surface area (Å²) in [5.41, 5.74) is 3.86. The first kappa shape index (κ1) is 18.9. The van der Waals surface area contributed by atoms with Gasteiger partial charge in [0.2, 0.25) is 5.91 Å². The van der Waals surface area contributed by atoms with Gasteiger partial charge in [-0.2, -0.15) is 0 Å². The standard InChI is InChI=1S/C24H23N3O2S/c1-2-25-19-10-6-7-11-20(19)27(24(25)29)16-22(28)26-14-12-21-18(13-15-30-21)23(26)17-8-4-3-5-9-17/h3-11,13,15,23H,2,12,14,16H2,1H3. The van der Waals surface area contributed by atoms with E-state index in [1.165, 1.54) is 10.4 Å². The van der Waals surface area contributed by atoms with Gasteiger partial charge in [-0.15, -0.1) is 11.3 Å². The Kier molecular flexibility index (Phi) is 4.79. The molecule has 5 nitrogen and oxygen atoms in total. The molecule has 0 saturated heterocycles. The Balaban J connectivity index is 1.55. The Morgan fingerprint density at radius 1 is 1.00 bits per heavy atom. The second-order valence-corrected chi connectivity index (χ2v) is 8.55. The summed E-state index contributed by atoms with van der Waals surface area (Å²) in [5, 5.41) is 2.11. The van der Waals surface area contributed by atoms with E-state index in [0.717, 1.165) is 23.0 Å². The van der Waals surface area contributed by atoms with Crippen molar-refractivity contribution in [2.24, 2.45) is 0 Å². The van der Waals surface area contributed by atoms with Gasteiger partial charge in [0.15, 0.2) is 0 Å². The molecule has 0 N–H and O–H groups in total. The number of carbonyl (C=O) groups excluding carboxylic acids is 1. The molecule has 2 aromatic heterocycles. The lowest BCUT2D eigenvalue weighted by Gasteiger charge is -2.36. The van der Waals surface area contributed by atoms with Gasteiger partial charge in [-0.1, -0.05) is 42.5 Å². The Bertz CT molecular complexity index is 1270. The minimum Gasteiger partial charge on any atom is -0.330 e. The smallest absolute Gasteiger partial charge is 0.329 e. The van der Waals surface area contributed by atoms with Crippen LogP contribution in [0.4, 0.5) is 0 Å². The molecule has 6 heteroatoms. The molecular weight excluding hydrogens is 394 g/mol. The molecule has 1 aliphatic rings. The number of aromatic nitrogens is 2. The molecule has 0 radical (unpaired) electrons. The van der Waals surface area contributed by atoms with E-state index < -0.39 is 0 Å². The fourth-order valence-corrected chi connectivity index (χ4v) is 5.44. The number of aryl methyl sites for hydroxylation is 1. The average Bonchev–Trinajstić information content (AvgIpc) is 3.36. The van der Waals surface area contributed by atoms with Gasteiger partial charge in [0.1, 0.15) is 6.54 Å². The van der Waals surface area contributed by atoms with Crippen molar-refractivity contribution in [3.63, 3.8) is 0 Å². The highest BCUT2D eigenvalue weighted by Gasteiger charge is 2.33. The predicted molar refractivity (Wildman–Crippen MR) is 120 cm³/mol. The van der Waals surface area contributed by atoms with E-state index in [4.69, 9.17) is 0 Å². The second kappa shape index (κ2) is 7.61. The highest BCUT2D eigenvalue weighted by Crippen LogP contribution is 2.37. The van der Waals surface area contributed by atoms with Gasteiger partial charge in [-0.25, -0.2) is 4.79 Å². The normalized spacial score (nSPS) is 16.0. The third-order valence-corrected chi connectivity index (χ3v) is 6.93. The van der Waals surface area contributed by atoms with Crippen LogP contribution in [0.15, 0.2) is 70.8 Å². The van der Waals surface area contributed by atoms with Gasteiger partial charge in [-0.05, 0) is 48.1 Å². The molecule has 1 amide bonds. The largest absolute Gasteiger partial charge is 0.330 e. The minimum absolute atomic E-state index is 0.0261. The Morgan fingerprint density at radius 2 is 1.70 bits per heavy atom. The number of imidazole rings is 1. The van der Waals surface area contributed by atoms with Crippen LogP contribution in [0, 0.1) is 0 Å². The summed E-state index contributed by atoms with van der Waals surface area (Å²) in [5.74, 6) is -0.0261. The SMILES string of the molecule is CCn1c(=O)n(CC(=O)N2CCc3sccc3C2c2ccccc2)c2ccccc21. The molecule has 2 aromatic carbocycles. The maximum absolute atomic E-state index is 13.5. The molecule has 3 heterocycles. The molecule has 5 rings (SSSR count). The van der Waals surface area contributed by atoms with Crippen molar-refractivity contribution in [1.82, 2.24) is 14.0 Å². The minimum atomic E-state index is -0.128. The molecule has 0 aliphatic carbocycles. The number of amides is 1. The average molecular weight is 418 g/mol. The van der Waals surface area contributed by atoms with Crippen molar-refractivity contribution >= 4 is 28.3 Å². The van der Waals surface area contributed by atoms with Gasteiger partial charge in [0.25, 0.3) is 0 Å². The number of benzene rings is 2. The number of hydrogen-bond donors (Lipinski definition) is 0. The highest BCUT2D eigenvalue weighted by atomic mass is 32.1. The quantitative estimate of drug-likeness (QED) is 0.503. The molecule has 30 heavy (non-hydrogen) atoms. The summed E-state index contributed by atoms with van der Waals surface area (Å²) in [7, 11) is 0. The Morgan fingerprint density at radius 3 is 2.43 bits per heavy atom. The molecular formula is C24H23N3O2S. The van der Waals surface area contributed by atoms with Crippen LogP contribution in [0.1, 0.15) is 29.0 Å². The van der Waals surface area contributed by atoms with Crippen molar-refractivity contribution in [3.8, 4) is 0 Å². The van der Waals surface area contributed by atoms with E-state index in [-0.39, 0.29) is 24.2 Å².